The summed E-state index contributed by atoms with van der Waals surface area (Å²) in [6.45, 7) is 3.94. The Morgan fingerprint density at radius 3 is 2.82 bits per heavy atom. The van der Waals surface area contributed by atoms with E-state index in [9.17, 15) is 4.79 Å². The minimum atomic E-state index is -0.202. The molecule has 0 unspecified atom stereocenters. The number of carbonyl (C=O) groups excluding carboxylic acids is 1. The van der Waals surface area contributed by atoms with Crippen molar-refractivity contribution in [1.82, 2.24) is 15.6 Å². The van der Waals surface area contributed by atoms with Gasteiger partial charge in [0.25, 0.3) is 5.91 Å². The summed E-state index contributed by atoms with van der Waals surface area (Å²) in [6, 6.07) is 17.4. The van der Waals surface area contributed by atoms with Crippen LogP contribution in [0.4, 0.5) is 0 Å². The third kappa shape index (κ3) is 6.17. The lowest BCUT2D eigenvalue weighted by atomic mass is 10.2. The number of thioether (sulfide) groups is 1. The Hall–Kier alpha value is -2.71. The molecule has 1 heterocycles. The Bertz CT molecular complexity index is 942. The van der Waals surface area contributed by atoms with E-state index in [4.69, 9.17) is 4.74 Å². The van der Waals surface area contributed by atoms with Gasteiger partial charge in [-0.2, -0.15) is 5.10 Å². The van der Waals surface area contributed by atoms with Gasteiger partial charge in [-0.1, -0.05) is 65.6 Å². The number of benzene rings is 2. The zero-order valence-corrected chi connectivity index (χ0v) is 17.2. The van der Waals surface area contributed by atoms with E-state index in [2.05, 4.69) is 20.7 Å². The predicted octanol–water partition coefficient (Wildman–Crippen LogP) is 4.23. The van der Waals surface area contributed by atoms with Crippen LogP contribution in [-0.2, 0) is 4.79 Å². The van der Waals surface area contributed by atoms with Gasteiger partial charge < -0.3 is 4.74 Å². The molecule has 0 atom stereocenters. The van der Waals surface area contributed by atoms with Gasteiger partial charge in [0.15, 0.2) is 4.34 Å². The lowest BCUT2D eigenvalue weighted by Crippen LogP contribution is -2.19. The quantitative estimate of drug-likeness (QED) is 0.340. The number of carbonyl (C=O) groups is 1. The summed E-state index contributed by atoms with van der Waals surface area (Å²) in [7, 11) is 0. The Labute approximate surface area is 172 Å². The molecule has 8 heteroatoms. The maximum Gasteiger partial charge on any atom is 0.250 e. The van der Waals surface area contributed by atoms with Gasteiger partial charge in [-0.3, -0.25) is 4.79 Å². The lowest BCUT2D eigenvalue weighted by Gasteiger charge is -2.09. The SMILES string of the molecule is CC(C)Oc1cccc(C=NNC(=O)CSc2nnc(-c3ccccc3)s2)c1. The molecule has 3 aromatic rings. The van der Waals surface area contributed by atoms with Crippen molar-refractivity contribution in [2.75, 3.05) is 5.75 Å². The summed E-state index contributed by atoms with van der Waals surface area (Å²) in [5.41, 5.74) is 4.39. The first kappa shape index (κ1) is 20.0. The van der Waals surface area contributed by atoms with E-state index in [-0.39, 0.29) is 17.8 Å². The van der Waals surface area contributed by atoms with E-state index in [1.54, 1.807) is 6.21 Å². The molecule has 0 saturated heterocycles. The smallest absolute Gasteiger partial charge is 0.250 e. The summed E-state index contributed by atoms with van der Waals surface area (Å²) >= 11 is 2.80. The van der Waals surface area contributed by atoms with Crippen molar-refractivity contribution in [3.63, 3.8) is 0 Å². The van der Waals surface area contributed by atoms with Crippen LogP contribution in [0.25, 0.3) is 10.6 Å². The van der Waals surface area contributed by atoms with Gasteiger partial charge in [0.05, 0.1) is 18.1 Å². The molecule has 0 fully saturated rings. The molecule has 1 amide bonds. The van der Waals surface area contributed by atoms with Gasteiger partial charge in [0.2, 0.25) is 0 Å². The molecule has 0 aliphatic rings. The Kier molecular flexibility index (Phi) is 7.16. The van der Waals surface area contributed by atoms with E-state index < -0.39 is 0 Å². The number of rotatable bonds is 8. The number of hydrazone groups is 1. The molecule has 1 N–H and O–H groups in total. The van der Waals surface area contributed by atoms with Gasteiger partial charge in [0.1, 0.15) is 10.8 Å². The standard InChI is InChI=1S/C20H20N4O2S2/c1-14(2)26-17-10-6-7-15(11-17)12-21-22-18(25)13-27-20-24-23-19(28-20)16-8-4-3-5-9-16/h3-12,14H,13H2,1-2H3,(H,22,25). The molecule has 0 saturated carbocycles. The molecule has 1 aromatic heterocycles. The first-order valence-corrected chi connectivity index (χ1v) is 10.5. The first-order valence-electron chi connectivity index (χ1n) is 8.70. The van der Waals surface area contributed by atoms with Crippen LogP contribution < -0.4 is 10.2 Å². The van der Waals surface area contributed by atoms with Crippen LogP contribution >= 0.6 is 23.1 Å². The van der Waals surface area contributed by atoms with Gasteiger partial charge in [0, 0.05) is 5.56 Å². The third-order valence-electron chi connectivity index (χ3n) is 3.39. The Morgan fingerprint density at radius 2 is 2.04 bits per heavy atom. The fraction of sp³-hybridized carbons (Fsp3) is 0.200. The monoisotopic (exact) mass is 412 g/mol. The molecule has 0 aliphatic heterocycles. The molecular weight excluding hydrogens is 392 g/mol. The highest BCUT2D eigenvalue weighted by molar-refractivity contribution is 8.01. The second kappa shape index (κ2) is 10.0. The number of aromatic nitrogens is 2. The molecule has 2 aromatic carbocycles. The average Bonchev–Trinajstić information content (AvgIpc) is 3.16. The number of nitrogens with one attached hydrogen (secondary N) is 1. The molecule has 144 valence electrons. The van der Waals surface area contributed by atoms with Gasteiger partial charge >= 0.3 is 0 Å². The number of ether oxygens (including phenoxy) is 1. The minimum Gasteiger partial charge on any atom is -0.491 e. The summed E-state index contributed by atoms with van der Waals surface area (Å²) < 4.78 is 6.39. The Balaban J connectivity index is 1.47. The van der Waals surface area contributed by atoms with Crippen molar-refractivity contribution in [3.8, 4) is 16.3 Å². The third-order valence-corrected chi connectivity index (χ3v) is 5.49. The molecule has 3 rings (SSSR count). The van der Waals surface area contributed by atoms with Crippen LogP contribution in [0.15, 0.2) is 64.0 Å². The lowest BCUT2D eigenvalue weighted by molar-refractivity contribution is -0.118. The highest BCUT2D eigenvalue weighted by Gasteiger charge is 2.09. The van der Waals surface area contributed by atoms with Crippen LogP contribution in [0.3, 0.4) is 0 Å². The van der Waals surface area contributed by atoms with Gasteiger partial charge in [-0.05, 0) is 31.5 Å². The maximum absolute atomic E-state index is 12.0. The summed E-state index contributed by atoms with van der Waals surface area (Å²) in [4.78, 5) is 12.0. The van der Waals surface area contributed by atoms with Crippen molar-refractivity contribution in [3.05, 3.63) is 60.2 Å². The molecule has 0 spiro atoms. The van der Waals surface area contributed by atoms with Gasteiger partial charge in [-0.15, -0.1) is 10.2 Å². The van der Waals surface area contributed by atoms with E-state index >= 15 is 0 Å². The molecule has 0 aliphatic carbocycles. The highest BCUT2D eigenvalue weighted by Crippen LogP contribution is 2.28. The van der Waals surface area contributed by atoms with Crippen LogP contribution in [0.5, 0.6) is 5.75 Å². The van der Waals surface area contributed by atoms with Crippen molar-refractivity contribution in [2.24, 2.45) is 5.10 Å². The summed E-state index contributed by atoms with van der Waals surface area (Å²) in [5, 5.41) is 13.1. The van der Waals surface area contributed by atoms with E-state index in [0.29, 0.717) is 0 Å². The number of hydrogen-bond acceptors (Lipinski definition) is 7. The second-order valence-electron chi connectivity index (χ2n) is 6.06. The fourth-order valence-electron chi connectivity index (χ4n) is 2.24. The zero-order chi connectivity index (χ0) is 19.8. The van der Waals surface area contributed by atoms with E-state index in [0.717, 1.165) is 26.2 Å². The van der Waals surface area contributed by atoms with Crippen molar-refractivity contribution in [2.45, 2.75) is 24.3 Å². The maximum atomic E-state index is 12.0. The summed E-state index contributed by atoms with van der Waals surface area (Å²) in [5.74, 6) is 0.788. The molecular formula is C20H20N4O2S2. The largest absolute Gasteiger partial charge is 0.491 e. The summed E-state index contributed by atoms with van der Waals surface area (Å²) in [6.07, 6.45) is 1.69. The molecule has 0 bridgehead atoms. The molecule has 28 heavy (non-hydrogen) atoms. The van der Waals surface area contributed by atoms with Crippen LogP contribution in [0, 0.1) is 0 Å². The van der Waals surface area contributed by atoms with Crippen LogP contribution in [-0.4, -0.2) is 34.2 Å². The number of hydrogen-bond donors (Lipinski definition) is 1. The number of amides is 1. The fourth-order valence-corrected chi connectivity index (χ4v) is 3.89. The van der Waals surface area contributed by atoms with Crippen molar-refractivity contribution >= 4 is 35.2 Å². The first-order chi connectivity index (χ1) is 13.6. The van der Waals surface area contributed by atoms with E-state index in [1.165, 1.54) is 23.1 Å². The second-order valence-corrected chi connectivity index (χ2v) is 8.26. The van der Waals surface area contributed by atoms with Gasteiger partial charge in [-0.25, -0.2) is 5.43 Å². The minimum absolute atomic E-state index is 0.103. The molecule has 6 nitrogen and oxygen atoms in total. The average molecular weight is 413 g/mol. The van der Waals surface area contributed by atoms with E-state index in [1.807, 2.05) is 68.4 Å². The van der Waals surface area contributed by atoms with Crippen molar-refractivity contribution < 1.29 is 9.53 Å². The Morgan fingerprint density at radius 1 is 1.21 bits per heavy atom. The van der Waals surface area contributed by atoms with Crippen LogP contribution in [0.2, 0.25) is 0 Å². The topological polar surface area (TPSA) is 76.5 Å². The van der Waals surface area contributed by atoms with Crippen molar-refractivity contribution in [1.29, 1.82) is 0 Å². The highest BCUT2D eigenvalue weighted by atomic mass is 32.2. The molecule has 0 radical (unpaired) electrons. The number of nitrogens with zero attached hydrogens (tertiary/aromatic N) is 3. The normalized spacial score (nSPS) is 11.1. The zero-order valence-electron chi connectivity index (χ0n) is 15.5. The predicted molar refractivity (Wildman–Crippen MR) is 114 cm³/mol. The van der Waals surface area contributed by atoms with Crippen LogP contribution in [0.1, 0.15) is 19.4 Å².